The van der Waals surface area contributed by atoms with E-state index in [1.807, 2.05) is 0 Å². The Labute approximate surface area is 154 Å². The average Bonchev–Trinajstić information content (AvgIpc) is 3.13. The van der Waals surface area contributed by atoms with Crippen LogP contribution in [-0.4, -0.2) is 30.2 Å². The van der Waals surface area contributed by atoms with Crippen molar-refractivity contribution in [1.29, 1.82) is 0 Å². The molecule has 0 saturated carbocycles. The Morgan fingerprint density at radius 2 is 2.00 bits per heavy atom. The highest BCUT2D eigenvalue weighted by Gasteiger charge is 2.33. The van der Waals surface area contributed by atoms with Crippen molar-refractivity contribution in [2.24, 2.45) is 0 Å². The summed E-state index contributed by atoms with van der Waals surface area (Å²) >= 11 is 0. The third-order valence-corrected chi connectivity index (χ3v) is 4.19. The molecule has 1 fully saturated rings. The lowest BCUT2D eigenvalue weighted by Crippen LogP contribution is -2.17. The molecule has 3 rings (SSSR count). The number of aryl methyl sites for hydroxylation is 1. The van der Waals surface area contributed by atoms with Crippen molar-refractivity contribution >= 4 is 11.6 Å². The average molecular weight is 380 g/mol. The zero-order valence-corrected chi connectivity index (χ0v) is 14.7. The Morgan fingerprint density at radius 1 is 1.26 bits per heavy atom. The first-order chi connectivity index (χ1) is 12.8. The number of carbonyl (C=O) groups excluding carboxylic acids is 1. The lowest BCUT2D eigenvalue weighted by Gasteiger charge is -2.12. The molecule has 0 radical (unpaired) electrons. The van der Waals surface area contributed by atoms with Crippen LogP contribution < -0.4 is 10.1 Å². The summed E-state index contributed by atoms with van der Waals surface area (Å²) in [6.45, 7) is 2.60. The number of carbonyl (C=O) groups is 1. The minimum atomic E-state index is -4.54. The monoisotopic (exact) mass is 380 g/mol. The number of hydrogen-bond acceptors (Lipinski definition) is 4. The van der Waals surface area contributed by atoms with E-state index in [1.54, 1.807) is 24.3 Å². The first-order valence-electron chi connectivity index (χ1n) is 8.53. The molecule has 1 aliphatic heterocycles. The van der Waals surface area contributed by atoms with Crippen LogP contribution in [0.4, 0.5) is 18.9 Å². The maximum absolute atomic E-state index is 12.7. The fourth-order valence-corrected chi connectivity index (χ4v) is 2.76. The number of amides is 1. The number of ether oxygens (including phenoxy) is 2. The van der Waals surface area contributed by atoms with Crippen molar-refractivity contribution in [3.8, 4) is 5.75 Å². The maximum atomic E-state index is 12.7. The maximum Gasteiger partial charge on any atom is 0.433 e. The Morgan fingerprint density at radius 3 is 2.59 bits per heavy atom. The van der Waals surface area contributed by atoms with Crippen molar-refractivity contribution in [3.63, 3.8) is 0 Å². The van der Waals surface area contributed by atoms with Crippen LogP contribution in [0.15, 0.2) is 36.4 Å². The molecule has 2 aromatic rings. The van der Waals surface area contributed by atoms with Gasteiger partial charge in [-0.2, -0.15) is 13.2 Å². The summed E-state index contributed by atoms with van der Waals surface area (Å²) in [5.74, 6) is 0.123. The number of pyridine rings is 1. The molecule has 0 unspecified atom stereocenters. The molecule has 1 amide bonds. The molecule has 144 valence electrons. The zero-order chi connectivity index (χ0) is 19.4. The Balaban J connectivity index is 1.60. The molecule has 5 nitrogen and oxygen atoms in total. The fourth-order valence-electron chi connectivity index (χ4n) is 2.76. The second-order valence-corrected chi connectivity index (χ2v) is 6.25. The van der Waals surface area contributed by atoms with Crippen LogP contribution in [0.2, 0.25) is 0 Å². The van der Waals surface area contributed by atoms with E-state index >= 15 is 0 Å². The number of nitrogens with zero attached hydrogens (tertiary/aromatic N) is 1. The van der Waals surface area contributed by atoms with Gasteiger partial charge in [-0.25, -0.2) is 4.98 Å². The Kier molecular flexibility index (Phi) is 5.65. The molecule has 1 saturated heterocycles. The van der Waals surface area contributed by atoms with Gasteiger partial charge in [-0.1, -0.05) is 0 Å². The van der Waals surface area contributed by atoms with Gasteiger partial charge in [0.2, 0.25) is 0 Å². The van der Waals surface area contributed by atoms with E-state index in [9.17, 15) is 18.0 Å². The van der Waals surface area contributed by atoms with E-state index in [1.165, 1.54) is 6.92 Å². The summed E-state index contributed by atoms with van der Waals surface area (Å²) in [5.41, 5.74) is -0.423. The largest absolute Gasteiger partial charge is 0.491 e. The van der Waals surface area contributed by atoms with Crippen LogP contribution >= 0.6 is 0 Å². The van der Waals surface area contributed by atoms with Crippen LogP contribution in [0.25, 0.3) is 0 Å². The molecule has 1 N–H and O–H groups in total. The van der Waals surface area contributed by atoms with E-state index in [0.717, 1.165) is 31.6 Å². The SMILES string of the molecule is Cc1nc(C(F)(F)F)ccc1C(=O)Nc1ccc(OC[C@H]2CCCO2)cc1. The third kappa shape index (κ3) is 4.97. The predicted molar refractivity (Wildman–Crippen MR) is 92.8 cm³/mol. The van der Waals surface area contributed by atoms with Crippen LogP contribution in [0.1, 0.15) is 34.6 Å². The van der Waals surface area contributed by atoms with Crippen molar-refractivity contribution in [1.82, 2.24) is 4.98 Å². The Hall–Kier alpha value is -2.61. The smallest absolute Gasteiger partial charge is 0.433 e. The highest BCUT2D eigenvalue weighted by atomic mass is 19.4. The minimum absolute atomic E-state index is 0.0128. The highest BCUT2D eigenvalue weighted by molar-refractivity contribution is 6.05. The van der Waals surface area contributed by atoms with Crippen molar-refractivity contribution in [3.05, 3.63) is 53.3 Å². The second-order valence-electron chi connectivity index (χ2n) is 6.25. The number of nitrogens with one attached hydrogen (secondary N) is 1. The third-order valence-electron chi connectivity index (χ3n) is 4.19. The van der Waals surface area contributed by atoms with Gasteiger partial charge in [0.15, 0.2) is 0 Å². The minimum Gasteiger partial charge on any atom is -0.491 e. The number of hydrogen-bond donors (Lipinski definition) is 1. The topological polar surface area (TPSA) is 60.5 Å². The van der Waals surface area contributed by atoms with Crippen molar-refractivity contribution in [2.45, 2.75) is 32.0 Å². The number of anilines is 1. The summed E-state index contributed by atoms with van der Waals surface area (Å²) < 4.78 is 49.1. The number of aromatic nitrogens is 1. The van der Waals surface area contributed by atoms with Gasteiger partial charge in [-0.3, -0.25) is 4.79 Å². The lowest BCUT2D eigenvalue weighted by atomic mass is 10.1. The molecule has 0 spiro atoms. The van der Waals surface area contributed by atoms with Gasteiger partial charge in [0.1, 0.15) is 18.1 Å². The van der Waals surface area contributed by atoms with E-state index < -0.39 is 17.8 Å². The zero-order valence-electron chi connectivity index (χ0n) is 14.7. The molecular weight excluding hydrogens is 361 g/mol. The summed E-state index contributed by atoms with van der Waals surface area (Å²) in [7, 11) is 0. The van der Waals surface area contributed by atoms with Gasteiger partial charge in [-0.05, 0) is 56.2 Å². The van der Waals surface area contributed by atoms with Crippen LogP contribution in [0.5, 0.6) is 5.75 Å². The van der Waals surface area contributed by atoms with Crippen LogP contribution in [0, 0.1) is 6.92 Å². The van der Waals surface area contributed by atoms with E-state index in [-0.39, 0.29) is 17.4 Å². The van der Waals surface area contributed by atoms with E-state index in [0.29, 0.717) is 18.0 Å². The molecule has 8 heteroatoms. The summed E-state index contributed by atoms with van der Waals surface area (Å²) in [6, 6.07) is 8.67. The molecule has 1 atom stereocenters. The number of rotatable bonds is 5. The summed E-state index contributed by atoms with van der Waals surface area (Å²) in [4.78, 5) is 15.8. The van der Waals surface area contributed by atoms with Gasteiger partial charge in [0, 0.05) is 12.3 Å². The molecular formula is C19H19F3N2O3. The fraction of sp³-hybridized carbons (Fsp3) is 0.368. The van der Waals surface area contributed by atoms with Gasteiger partial charge < -0.3 is 14.8 Å². The first kappa shape index (κ1) is 19.2. The number of benzene rings is 1. The highest BCUT2D eigenvalue weighted by Crippen LogP contribution is 2.28. The van der Waals surface area contributed by atoms with Gasteiger partial charge >= 0.3 is 6.18 Å². The molecule has 0 bridgehead atoms. The van der Waals surface area contributed by atoms with Crippen LogP contribution in [0.3, 0.4) is 0 Å². The number of halogens is 3. The molecule has 27 heavy (non-hydrogen) atoms. The molecule has 2 heterocycles. The molecule has 1 aromatic carbocycles. The normalized spacial score (nSPS) is 17.0. The summed E-state index contributed by atoms with van der Waals surface area (Å²) in [6.07, 6.45) is -2.41. The van der Waals surface area contributed by atoms with Crippen LogP contribution in [-0.2, 0) is 10.9 Å². The Bertz CT molecular complexity index is 801. The van der Waals surface area contributed by atoms with Crippen molar-refractivity contribution < 1.29 is 27.4 Å². The number of alkyl halides is 3. The quantitative estimate of drug-likeness (QED) is 0.844. The predicted octanol–water partition coefficient (Wildman–Crippen LogP) is 4.22. The van der Waals surface area contributed by atoms with E-state index in [4.69, 9.17) is 9.47 Å². The molecule has 1 aliphatic rings. The van der Waals surface area contributed by atoms with Gasteiger partial charge in [-0.15, -0.1) is 0 Å². The second kappa shape index (κ2) is 7.96. The first-order valence-corrected chi connectivity index (χ1v) is 8.53. The lowest BCUT2D eigenvalue weighted by molar-refractivity contribution is -0.141. The van der Waals surface area contributed by atoms with Gasteiger partial charge in [0.25, 0.3) is 5.91 Å². The standard InChI is InChI=1S/C19H19F3N2O3/c1-12-16(8-9-17(23-12)19(20,21)22)18(25)24-13-4-6-14(7-5-13)27-11-15-3-2-10-26-15/h4-9,15H,2-3,10-11H2,1H3,(H,24,25)/t15-/m1/s1. The summed E-state index contributed by atoms with van der Waals surface area (Å²) in [5, 5.41) is 2.64. The van der Waals surface area contributed by atoms with Crippen molar-refractivity contribution in [2.75, 3.05) is 18.5 Å². The molecule has 0 aliphatic carbocycles. The van der Waals surface area contributed by atoms with Gasteiger partial charge in [0.05, 0.1) is 17.4 Å². The molecule has 1 aromatic heterocycles. The van der Waals surface area contributed by atoms with E-state index in [2.05, 4.69) is 10.3 Å².